The van der Waals surface area contributed by atoms with E-state index in [4.69, 9.17) is 25.5 Å². The van der Waals surface area contributed by atoms with Gasteiger partial charge in [-0.2, -0.15) is 0 Å². The van der Waals surface area contributed by atoms with Gasteiger partial charge in [-0.1, -0.05) is 109 Å². The highest BCUT2D eigenvalue weighted by Gasteiger charge is 2.26. The fraction of sp³-hybridized carbons (Fsp3) is 0.893. The molecule has 0 saturated carbocycles. The molecule has 0 atom stereocenters. The zero-order chi connectivity index (χ0) is 25.9. The monoisotopic (exact) mass is 488 g/mol. The minimum Gasteiger partial charge on any atom is -0.478 e. The van der Waals surface area contributed by atoms with E-state index in [9.17, 15) is 4.79 Å². The van der Waals surface area contributed by atoms with Gasteiger partial charge in [0.2, 0.25) is 0 Å². The van der Waals surface area contributed by atoms with Crippen LogP contribution in [0.2, 0.25) is 0 Å². The molecule has 0 aliphatic rings. The van der Waals surface area contributed by atoms with Crippen LogP contribution >= 0.6 is 0 Å². The van der Waals surface area contributed by atoms with Crippen LogP contribution in [0.4, 0.5) is 0 Å². The number of rotatable bonds is 23. The number of carbonyl (C=O) groups is 1. The van der Waals surface area contributed by atoms with Crippen LogP contribution in [0.25, 0.3) is 0 Å². The van der Waals surface area contributed by atoms with E-state index in [1.54, 1.807) is 0 Å². The van der Waals surface area contributed by atoms with E-state index in [0.29, 0.717) is 0 Å². The van der Waals surface area contributed by atoms with Gasteiger partial charge in [0.25, 0.3) is 0 Å². The summed E-state index contributed by atoms with van der Waals surface area (Å²) >= 11 is 0. The summed E-state index contributed by atoms with van der Waals surface area (Å²) in [6.45, 7) is 2.88. The first-order valence-electron chi connectivity index (χ1n) is 13.8. The number of hydrogen-bond acceptors (Lipinski definition) is 5. The smallest absolute Gasteiger partial charge is 0.328 e. The number of hydrogen-bond donors (Lipinski definition) is 5. The first-order valence-corrected chi connectivity index (χ1v) is 13.8. The summed E-state index contributed by atoms with van der Waals surface area (Å²) in [5, 5.41) is 43.0. The van der Waals surface area contributed by atoms with Crippen molar-refractivity contribution < 1.29 is 30.3 Å². The van der Waals surface area contributed by atoms with Gasteiger partial charge in [-0.15, -0.1) is 0 Å². The molecule has 0 rings (SSSR count). The molecule has 0 aliphatic carbocycles. The Morgan fingerprint density at radius 1 is 0.559 bits per heavy atom. The summed E-state index contributed by atoms with van der Waals surface area (Å²) in [4.78, 5) is 11.0. The van der Waals surface area contributed by atoms with Crippen molar-refractivity contribution in [2.75, 3.05) is 26.4 Å². The van der Waals surface area contributed by atoms with Gasteiger partial charge < -0.3 is 25.5 Å². The van der Waals surface area contributed by atoms with Gasteiger partial charge >= 0.3 is 5.97 Å². The van der Waals surface area contributed by atoms with E-state index in [1.165, 1.54) is 96.0 Å². The third-order valence-corrected chi connectivity index (χ3v) is 6.37. The Kier molecular flexibility index (Phi) is 27.6. The molecule has 0 radical (unpaired) electrons. The number of aliphatic hydroxyl groups excluding tert-OH is 4. The third kappa shape index (κ3) is 22.8. The minimum absolute atomic E-state index is 0.406. The first kappa shape index (κ1) is 35.2. The number of unbranched alkanes of at least 4 members (excludes halogenated alkanes) is 14. The molecule has 0 aromatic heterocycles. The molecule has 0 heterocycles. The molecule has 0 amide bonds. The molecule has 0 aliphatic heterocycles. The van der Waals surface area contributed by atoms with E-state index in [1.807, 2.05) is 0 Å². The second-order valence-corrected chi connectivity index (χ2v) is 9.72. The molecule has 6 heteroatoms. The second kappa shape index (κ2) is 26.7. The fourth-order valence-corrected chi connectivity index (χ4v) is 3.72. The molecule has 34 heavy (non-hydrogen) atoms. The van der Waals surface area contributed by atoms with E-state index in [-0.39, 0.29) is 0 Å². The second-order valence-electron chi connectivity index (χ2n) is 9.72. The van der Waals surface area contributed by atoms with E-state index in [0.717, 1.165) is 31.3 Å². The van der Waals surface area contributed by atoms with Gasteiger partial charge in [-0.05, 0) is 25.7 Å². The topological polar surface area (TPSA) is 118 Å². The maximum absolute atomic E-state index is 11.0. The molecule has 0 fully saturated rings. The predicted molar refractivity (Wildman–Crippen MR) is 141 cm³/mol. The lowest BCUT2D eigenvalue weighted by atomic mass is 9.93. The minimum atomic E-state index is -1.11. The summed E-state index contributed by atoms with van der Waals surface area (Å²) in [5.41, 5.74) is 0.0458. The van der Waals surface area contributed by atoms with E-state index in [2.05, 4.69) is 13.8 Å². The van der Waals surface area contributed by atoms with Gasteiger partial charge in [0, 0.05) is 6.08 Å². The Hall–Kier alpha value is -0.950. The van der Waals surface area contributed by atoms with Crippen LogP contribution in [0.3, 0.4) is 0 Å². The molecule has 6 nitrogen and oxygen atoms in total. The van der Waals surface area contributed by atoms with Crippen LogP contribution in [0, 0.1) is 5.41 Å². The van der Waals surface area contributed by atoms with Crippen molar-refractivity contribution in [3.8, 4) is 0 Å². The molecular weight excluding hydrogens is 432 g/mol. The largest absolute Gasteiger partial charge is 0.478 e. The third-order valence-electron chi connectivity index (χ3n) is 6.37. The van der Waals surface area contributed by atoms with Crippen molar-refractivity contribution in [2.24, 2.45) is 5.41 Å². The van der Waals surface area contributed by atoms with Crippen LogP contribution in [0.15, 0.2) is 11.6 Å². The normalized spacial score (nSPS) is 11.1. The Bertz CT molecular complexity index is 420. The van der Waals surface area contributed by atoms with Crippen molar-refractivity contribution in [3.05, 3.63) is 11.6 Å². The standard InChI is InChI=1S/C23H44O2.C5H12O4/c1-3-5-7-9-11-13-15-17-19-22(21-23(24)25)20-18-16-14-12-10-8-6-4-2;6-1-5(2-7,3-8)4-9/h21H,3-20H2,1-2H3,(H,24,25);6-9H,1-4H2. The zero-order valence-electron chi connectivity index (χ0n) is 22.3. The quantitative estimate of drug-likeness (QED) is 0.0889. The fourth-order valence-electron chi connectivity index (χ4n) is 3.72. The Morgan fingerprint density at radius 3 is 1.09 bits per heavy atom. The molecule has 0 saturated heterocycles. The maximum Gasteiger partial charge on any atom is 0.328 e. The van der Waals surface area contributed by atoms with Crippen LogP contribution in [0.1, 0.15) is 129 Å². The van der Waals surface area contributed by atoms with Crippen LogP contribution in [-0.4, -0.2) is 57.9 Å². The summed E-state index contributed by atoms with van der Waals surface area (Å²) < 4.78 is 0. The summed E-state index contributed by atoms with van der Waals surface area (Å²) in [5.74, 6) is -0.769. The van der Waals surface area contributed by atoms with Crippen molar-refractivity contribution in [3.63, 3.8) is 0 Å². The molecule has 5 N–H and O–H groups in total. The van der Waals surface area contributed by atoms with E-state index >= 15 is 0 Å². The highest BCUT2D eigenvalue weighted by molar-refractivity contribution is 5.80. The molecular formula is C28H56O6. The van der Waals surface area contributed by atoms with E-state index < -0.39 is 37.8 Å². The van der Waals surface area contributed by atoms with Crippen molar-refractivity contribution in [1.29, 1.82) is 0 Å². The van der Waals surface area contributed by atoms with Gasteiger partial charge in [0.1, 0.15) is 0 Å². The predicted octanol–water partition coefficient (Wildman–Crippen LogP) is 6.00. The molecule has 0 unspecified atom stereocenters. The highest BCUT2D eigenvalue weighted by atomic mass is 16.4. The van der Waals surface area contributed by atoms with Crippen molar-refractivity contribution in [2.45, 2.75) is 129 Å². The number of allylic oxidation sites excluding steroid dienone is 1. The summed E-state index contributed by atoms with van der Waals surface area (Å²) in [6, 6.07) is 0. The SMILES string of the molecule is CCCCCCCCCCC(=CC(=O)O)CCCCCCCCCC.OCC(CO)(CO)CO. The van der Waals surface area contributed by atoms with Crippen LogP contribution in [0.5, 0.6) is 0 Å². The zero-order valence-corrected chi connectivity index (χ0v) is 22.3. The van der Waals surface area contributed by atoms with Gasteiger partial charge in [-0.3, -0.25) is 0 Å². The van der Waals surface area contributed by atoms with Crippen LogP contribution < -0.4 is 0 Å². The highest BCUT2D eigenvalue weighted by Crippen LogP contribution is 2.19. The summed E-state index contributed by atoms with van der Waals surface area (Å²) in [7, 11) is 0. The number of carboxylic acid groups (broad SMARTS) is 1. The van der Waals surface area contributed by atoms with Crippen molar-refractivity contribution >= 4 is 5.97 Å². The lowest BCUT2D eigenvalue weighted by Gasteiger charge is -2.23. The van der Waals surface area contributed by atoms with Gasteiger partial charge in [0.15, 0.2) is 0 Å². The lowest BCUT2D eigenvalue weighted by molar-refractivity contribution is -0.131. The average molecular weight is 489 g/mol. The molecule has 0 aromatic carbocycles. The number of aliphatic carboxylic acids is 1. The first-order chi connectivity index (χ1) is 16.4. The van der Waals surface area contributed by atoms with Gasteiger partial charge in [0.05, 0.1) is 31.8 Å². The maximum atomic E-state index is 11.0. The van der Waals surface area contributed by atoms with Crippen molar-refractivity contribution in [1.82, 2.24) is 0 Å². The van der Waals surface area contributed by atoms with Gasteiger partial charge in [-0.25, -0.2) is 4.79 Å². The molecule has 204 valence electrons. The number of aliphatic hydroxyl groups is 4. The average Bonchev–Trinajstić information content (AvgIpc) is 2.84. The lowest BCUT2D eigenvalue weighted by Crippen LogP contribution is -2.37. The number of carboxylic acids is 1. The molecule has 0 aromatic rings. The molecule has 0 spiro atoms. The van der Waals surface area contributed by atoms with Crippen LogP contribution in [-0.2, 0) is 4.79 Å². The summed E-state index contributed by atoms with van der Waals surface area (Å²) in [6.07, 6.45) is 24.4. The Morgan fingerprint density at radius 2 is 0.853 bits per heavy atom. The Labute approximate surface area is 209 Å². The molecule has 0 bridgehead atoms. The Balaban J connectivity index is 0.